The number of ketones is 1. The van der Waals surface area contributed by atoms with Crippen LogP contribution in [0.4, 0.5) is 0 Å². The number of hydrogen-bond acceptors (Lipinski definition) is 4. The van der Waals surface area contributed by atoms with Crippen LogP contribution in [0.3, 0.4) is 0 Å². The van der Waals surface area contributed by atoms with E-state index in [1.54, 1.807) is 7.11 Å². The standard InChI is InChI=1S/C27H31N3O3/c1-18-12-25-23(13-24(18)26(31)4-3-11-33-2)17-30(28-25)16-19-14-29(15-19)27(32)22-9-7-21(8-10-22)20-5-6-20/h7-10,12-13,17,19-20H,3-6,11,14-16H2,1-2H3. The summed E-state index contributed by atoms with van der Waals surface area (Å²) in [5.41, 5.74) is 4.77. The third-order valence-electron chi connectivity index (χ3n) is 6.85. The highest BCUT2D eigenvalue weighted by Crippen LogP contribution is 2.40. The maximum absolute atomic E-state index is 12.8. The van der Waals surface area contributed by atoms with Gasteiger partial charge >= 0.3 is 0 Å². The number of carbonyl (C=O) groups is 2. The molecule has 172 valence electrons. The Morgan fingerprint density at radius 1 is 1.12 bits per heavy atom. The Morgan fingerprint density at radius 3 is 2.58 bits per heavy atom. The van der Waals surface area contributed by atoms with Crippen molar-refractivity contribution in [2.75, 3.05) is 26.8 Å². The maximum Gasteiger partial charge on any atom is 0.253 e. The molecule has 6 heteroatoms. The number of benzene rings is 2. The molecule has 0 N–H and O–H groups in total. The molecule has 2 fully saturated rings. The number of amides is 1. The van der Waals surface area contributed by atoms with Crippen LogP contribution in [0.2, 0.25) is 0 Å². The molecule has 6 nitrogen and oxygen atoms in total. The third-order valence-corrected chi connectivity index (χ3v) is 6.85. The van der Waals surface area contributed by atoms with E-state index in [0.29, 0.717) is 24.9 Å². The second kappa shape index (κ2) is 9.10. The predicted octanol–water partition coefficient (Wildman–Crippen LogP) is 4.60. The number of aromatic nitrogens is 2. The summed E-state index contributed by atoms with van der Waals surface area (Å²) < 4.78 is 7.02. The minimum Gasteiger partial charge on any atom is -0.385 e. The highest BCUT2D eigenvalue weighted by molar-refractivity contribution is 6.00. The van der Waals surface area contributed by atoms with Crippen LogP contribution >= 0.6 is 0 Å². The Hall–Kier alpha value is -2.99. The number of hydrogen-bond donors (Lipinski definition) is 0. The largest absolute Gasteiger partial charge is 0.385 e. The molecule has 2 aliphatic rings. The van der Waals surface area contributed by atoms with Crippen molar-refractivity contribution >= 4 is 22.6 Å². The highest BCUT2D eigenvalue weighted by atomic mass is 16.5. The van der Waals surface area contributed by atoms with Gasteiger partial charge in [-0.2, -0.15) is 5.10 Å². The van der Waals surface area contributed by atoms with Crippen molar-refractivity contribution in [1.82, 2.24) is 14.7 Å². The summed E-state index contributed by atoms with van der Waals surface area (Å²) in [4.78, 5) is 27.3. The summed E-state index contributed by atoms with van der Waals surface area (Å²) >= 11 is 0. The monoisotopic (exact) mass is 445 g/mol. The van der Waals surface area contributed by atoms with E-state index in [4.69, 9.17) is 9.84 Å². The number of methoxy groups -OCH3 is 1. The number of rotatable bonds is 9. The first-order valence-electron chi connectivity index (χ1n) is 11.9. The van der Waals surface area contributed by atoms with E-state index in [9.17, 15) is 9.59 Å². The van der Waals surface area contributed by atoms with Crippen LogP contribution in [0.5, 0.6) is 0 Å². The minimum absolute atomic E-state index is 0.117. The fraction of sp³-hybridized carbons (Fsp3) is 0.444. The fourth-order valence-electron chi connectivity index (χ4n) is 4.75. The zero-order chi connectivity index (χ0) is 22.9. The molecule has 2 heterocycles. The summed E-state index contributed by atoms with van der Waals surface area (Å²) in [5, 5.41) is 5.70. The van der Waals surface area contributed by atoms with E-state index in [0.717, 1.165) is 53.6 Å². The van der Waals surface area contributed by atoms with Gasteiger partial charge in [0.05, 0.1) is 5.52 Å². The number of fused-ring (bicyclic) bond motifs is 1. The van der Waals surface area contributed by atoms with Gasteiger partial charge < -0.3 is 9.64 Å². The van der Waals surface area contributed by atoms with Gasteiger partial charge in [0.15, 0.2) is 5.78 Å². The van der Waals surface area contributed by atoms with Gasteiger partial charge in [-0.05, 0) is 67.5 Å². The first-order valence-corrected chi connectivity index (χ1v) is 11.9. The maximum atomic E-state index is 12.8. The van der Waals surface area contributed by atoms with Gasteiger partial charge in [-0.3, -0.25) is 14.3 Å². The van der Waals surface area contributed by atoms with Crippen molar-refractivity contribution in [2.45, 2.75) is 45.1 Å². The van der Waals surface area contributed by atoms with E-state index in [1.165, 1.54) is 18.4 Å². The van der Waals surface area contributed by atoms with Gasteiger partial charge in [0.2, 0.25) is 0 Å². The molecule has 1 amide bonds. The summed E-state index contributed by atoms with van der Waals surface area (Å²) in [5.74, 6) is 1.37. The number of likely N-dealkylation sites (tertiary alicyclic amines) is 1. The van der Waals surface area contributed by atoms with Crippen LogP contribution in [0.25, 0.3) is 10.9 Å². The first kappa shape index (κ1) is 21.8. The van der Waals surface area contributed by atoms with Crippen LogP contribution in [0.1, 0.15) is 63.4 Å². The molecule has 1 saturated carbocycles. The molecule has 1 aliphatic heterocycles. The quantitative estimate of drug-likeness (QED) is 0.357. The number of aryl methyl sites for hydroxylation is 1. The first-order chi connectivity index (χ1) is 16.0. The molecule has 0 atom stereocenters. The van der Waals surface area contributed by atoms with Gasteiger partial charge in [0, 0.05) is 68.4 Å². The molecule has 1 aromatic heterocycles. The summed E-state index contributed by atoms with van der Waals surface area (Å²) in [6, 6.07) is 12.1. The SMILES string of the molecule is COCCCC(=O)c1cc2cn(CC3CN(C(=O)c4ccc(C5CC5)cc4)C3)nc2cc1C. The van der Waals surface area contributed by atoms with Crippen LogP contribution in [-0.2, 0) is 11.3 Å². The number of Topliss-reactive ketones (excluding diaryl/α,β-unsaturated/α-hetero) is 1. The molecule has 33 heavy (non-hydrogen) atoms. The topological polar surface area (TPSA) is 64.4 Å². The lowest BCUT2D eigenvalue weighted by Gasteiger charge is -2.39. The van der Waals surface area contributed by atoms with Gasteiger partial charge in [0.25, 0.3) is 5.91 Å². The summed E-state index contributed by atoms with van der Waals surface area (Å²) in [7, 11) is 1.65. The number of nitrogens with zero attached hydrogens (tertiary/aromatic N) is 3. The molecule has 1 saturated heterocycles. The Bertz CT molecular complexity index is 1170. The average Bonchev–Trinajstić information content (AvgIpc) is 3.56. The number of ether oxygens (including phenoxy) is 1. The molecule has 3 aromatic rings. The Kier molecular flexibility index (Phi) is 6.02. The average molecular weight is 446 g/mol. The van der Waals surface area contributed by atoms with E-state index in [-0.39, 0.29) is 11.7 Å². The van der Waals surface area contributed by atoms with Crippen LogP contribution in [-0.4, -0.2) is 53.2 Å². The predicted molar refractivity (Wildman–Crippen MR) is 128 cm³/mol. The Balaban J connectivity index is 1.18. The molecule has 2 aromatic carbocycles. The van der Waals surface area contributed by atoms with Gasteiger partial charge in [-0.25, -0.2) is 0 Å². The van der Waals surface area contributed by atoms with Gasteiger partial charge in [-0.1, -0.05) is 12.1 Å². The normalized spacial score (nSPS) is 16.2. The molecule has 0 unspecified atom stereocenters. The van der Waals surface area contributed by atoms with Crippen molar-refractivity contribution in [3.63, 3.8) is 0 Å². The second-order valence-corrected chi connectivity index (χ2v) is 9.57. The van der Waals surface area contributed by atoms with Crippen molar-refractivity contribution in [3.05, 3.63) is 64.8 Å². The van der Waals surface area contributed by atoms with E-state index in [1.807, 2.05) is 47.0 Å². The lowest BCUT2D eigenvalue weighted by Crippen LogP contribution is -2.51. The van der Waals surface area contributed by atoms with Crippen LogP contribution in [0.15, 0.2) is 42.6 Å². The lowest BCUT2D eigenvalue weighted by atomic mass is 9.98. The Labute approximate surface area is 194 Å². The second-order valence-electron chi connectivity index (χ2n) is 9.57. The van der Waals surface area contributed by atoms with Crippen molar-refractivity contribution < 1.29 is 14.3 Å². The molecule has 0 spiro atoms. The fourth-order valence-corrected chi connectivity index (χ4v) is 4.75. The van der Waals surface area contributed by atoms with E-state index in [2.05, 4.69) is 12.1 Å². The van der Waals surface area contributed by atoms with E-state index < -0.39 is 0 Å². The smallest absolute Gasteiger partial charge is 0.253 e. The van der Waals surface area contributed by atoms with Gasteiger partial charge in [-0.15, -0.1) is 0 Å². The molecule has 0 radical (unpaired) electrons. The molecular weight excluding hydrogens is 414 g/mol. The molecule has 5 rings (SSSR count). The van der Waals surface area contributed by atoms with Crippen molar-refractivity contribution in [1.29, 1.82) is 0 Å². The van der Waals surface area contributed by atoms with Crippen LogP contribution in [0, 0.1) is 12.8 Å². The lowest BCUT2D eigenvalue weighted by molar-refractivity contribution is 0.0462. The van der Waals surface area contributed by atoms with Gasteiger partial charge in [0.1, 0.15) is 0 Å². The van der Waals surface area contributed by atoms with E-state index >= 15 is 0 Å². The summed E-state index contributed by atoms with van der Waals surface area (Å²) in [6.45, 7) is 4.84. The molecule has 1 aliphatic carbocycles. The zero-order valence-corrected chi connectivity index (χ0v) is 19.4. The number of carbonyl (C=O) groups excluding carboxylic acids is 2. The minimum atomic E-state index is 0.117. The third kappa shape index (κ3) is 4.71. The van der Waals surface area contributed by atoms with Crippen molar-refractivity contribution in [2.24, 2.45) is 5.92 Å². The van der Waals surface area contributed by atoms with Crippen LogP contribution < -0.4 is 0 Å². The Morgan fingerprint density at radius 2 is 1.88 bits per heavy atom. The molecule has 0 bridgehead atoms. The summed E-state index contributed by atoms with van der Waals surface area (Å²) in [6.07, 6.45) is 5.78. The van der Waals surface area contributed by atoms with Crippen molar-refractivity contribution in [3.8, 4) is 0 Å². The zero-order valence-electron chi connectivity index (χ0n) is 19.4. The molecular formula is C27H31N3O3. The highest BCUT2D eigenvalue weighted by Gasteiger charge is 2.32.